The maximum absolute atomic E-state index is 13.7. The van der Waals surface area contributed by atoms with Gasteiger partial charge in [-0.1, -0.05) is 78.8 Å². The molecule has 0 atom stereocenters. The minimum atomic E-state index is -4.46. The number of sulfonamides is 2. The molecule has 4 N–H and O–H groups in total. The number of hydrogen-bond donors (Lipinski definition) is 3. The average Bonchev–Trinajstić information content (AvgIpc) is 4.07. The Morgan fingerprint density at radius 1 is 0.713 bits per heavy atom. The molecule has 0 spiro atoms. The normalized spacial score (nSPS) is 11.8. The van der Waals surface area contributed by atoms with Crippen LogP contribution in [0.15, 0.2) is 105 Å². The number of fused-ring (bicyclic) bond motifs is 2. The number of azo groups is 1. The van der Waals surface area contributed by atoms with E-state index in [9.17, 15) is 41.9 Å². The van der Waals surface area contributed by atoms with E-state index in [0.29, 0.717) is 54.1 Å². The molecule has 0 saturated carbocycles. The van der Waals surface area contributed by atoms with Gasteiger partial charge in [-0.3, -0.25) is 9.62 Å². The fraction of sp³-hybridized carbons (Fsp3) is 0.204. The van der Waals surface area contributed by atoms with Crippen molar-refractivity contribution in [2.24, 2.45) is 15.4 Å². The minimum Gasteiger partial charge on any atom is -0.545 e. The molecule has 20 nitrogen and oxygen atoms in total. The summed E-state index contributed by atoms with van der Waals surface area (Å²) in [5.74, 6) is -2.70. The van der Waals surface area contributed by atoms with Gasteiger partial charge in [0.2, 0.25) is 15.2 Å². The van der Waals surface area contributed by atoms with E-state index in [1.54, 1.807) is 6.07 Å². The number of aryl methyl sites for hydroxylation is 7. The summed E-state index contributed by atoms with van der Waals surface area (Å²) in [5, 5.41) is 58.4. The van der Waals surface area contributed by atoms with Crippen LogP contribution in [0.1, 0.15) is 91.7 Å². The number of nitrogens with zero attached hydrogens (tertiary/aromatic N) is 9. The van der Waals surface area contributed by atoms with Gasteiger partial charge in [-0.2, -0.15) is 15.0 Å². The molecule has 26 heteroatoms. The predicted molar refractivity (Wildman–Crippen MR) is 297 cm³/mol. The maximum atomic E-state index is 13.7. The third-order valence-corrected chi connectivity index (χ3v) is 16.8. The van der Waals surface area contributed by atoms with Crippen LogP contribution < -0.4 is 89.4 Å². The second-order valence-corrected chi connectivity index (χ2v) is 25.0. The summed E-state index contributed by atoms with van der Waals surface area (Å²) in [6.07, 6.45) is 0. The number of primary sulfonamides is 1. The number of benzene rings is 5. The molecule has 9 rings (SSSR count). The summed E-state index contributed by atoms with van der Waals surface area (Å²) in [7, 11) is -8.47. The molecule has 4 heterocycles. The van der Waals surface area contributed by atoms with Crippen LogP contribution in [0.25, 0.3) is 25.6 Å². The van der Waals surface area contributed by atoms with Gasteiger partial charge < -0.3 is 25.1 Å². The van der Waals surface area contributed by atoms with Crippen molar-refractivity contribution in [2.45, 2.75) is 84.4 Å². The Labute approximate surface area is 513 Å². The number of carbonyl (C=O) groups excluding carboxylic acids is 2. The number of hydrogen-bond acceptors (Lipinski definition) is 19. The maximum Gasteiger partial charge on any atom is 1.00 e. The third kappa shape index (κ3) is 12.4. The van der Waals surface area contributed by atoms with Crippen LogP contribution in [0.3, 0.4) is 0 Å². The zero-order chi connectivity index (χ0) is 56.5. The summed E-state index contributed by atoms with van der Waals surface area (Å²) >= 11 is 2.31. The quantitative estimate of drug-likeness (QED) is 0.103. The monoisotopic (exact) mass is 1170 g/mol. The smallest absolute Gasteiger partial charge is 0.545 e. The van der Waals surface area contributed by atoms with Gasteiger partial charge in [-0.25, -0.2) is 36.9 Å². The molecular formula is C54H48N12Na2O8S4. The molecule has 0 amide bonds. The molecule has 0 aliphatic heterocycles. The van der Waals surface area contributed by atoms with Gasteiger partial charge in [-0.15, -0.1) is 10.2 Å². The van der Waals surface area contributed by atoms with E-state index in [1.807, 2.05) is 92.3 Å². The fourth-order valence-electron chi connectivity index (χ4n) is 9.12. The van der Waals surface area contributed by atoms with Gasteiger partial charge in [-0.05, 0) is 148 Å². The molecule has 0 radical (unpaired) electrons. The van der Waals surface area contributed by atoms with Gasteiger partial charge in [0.1, 0.15) is 23.1 Å². The summed E-state index contributed by atoms with van der Waals surface area (Å²) in [6.45, 7) is 19.5. The van der Waals surface area contributed by atoms with E-state index in [-0.39, 0.29) is 91.1 Å². The van der Waals surface area contributed by atoms with E-state index >= 15 is 0 Å². The first-order valence-corrected chi connectivity index (χ1v) is 28.4. The number of aromatic carboxylic acids is 2. The number of rotatable bonds is 14. The molecule has 0 fully saturated rings. The molecule has 0 bridgehead atoms. The number of pyridine rings is 1. The number of nitrogens with two attached hydrogens (primary N) is 1. The summed E-state index contributed by atoms with van der Waals surface area (Å²) < 4.78 is 56.9. The van der Waals surface area contributed by atoms with Crippen molar-refractivity contribution in [1.29, 1.82) is 5.26 Å². The minimum absolute atomic E-state index is 0. The zero-order valence-electron chi connectivity index (χ0n) is 45.6. The van der Waals surface area contributed by atoms with E-state index in [0.717, 1.165) is 74.3 Å². The Kier molecular flexibility index (Phi) is 17.7. The van der Waals surface area contributed by atoms with Gasteiger partial charge in [0.05, 0.1) is 59.2 Å². The number of carboxylic acid groups (broad SMARTS) is 2. The summed E-state index contributed by atoms with van der Waals surface area (Å²) in [4.78, 5) is 40.0. The Balaban J connectivity index is 0.00000462. The molecule has 5 aromatic carbocycles. The van der Waals surface area contributed by atoms with Crippen molar-refractivity contribution in [2.75, 3.05) is 14.9 Å². The number of carboxylic acids is 2. The number of aromatic nitrogens is 5. The van der Waals surface area contributed by atoms with Crippen LogP contribution in [0, 0.1) is 59.8 Å². The molecule has 80 heavy (non-hydrogen) atoms. The van der Waals surface area contributed by atoms with Crippen molar-refractivity contribution in [3.8, 4) is 11.2 Å². The molecule has 4 aromatic heterocycles. The van der Waals surface area contributed by atoms with Gasteiger partial charge in [0.25, 0.3) is 10.0 Å². The van der Waals surface area contributed by atoms with Crippen LogP contribution in [0.2, 0.25) is 0 Å². The first-order chi connectivity index (χ1) is 36.6. The second kappa shape index (κ2) is 23.2. The first kappa shape index (κ1) is 61.2. The summed E-state index contributed by atoms with van der Waals surface area (Å²) in [5.41, 5.74) is 7.44. The zero-order valence-corrected chi connectivity index (χ0v) is 52.9. The van der Waals surface area contributed by atoms with Crippen molar-refractivity contribution >= 4 is 120 Å². The topological polar surface area (TPSA) is 307 Å². The molecule has 0 aliphatic carbocycles. The number of nitriles is 1. The standard InChI is InChI=1S/C54H50N12O8S4.2Na/c1-26-15-28(3)44(29(4)16-26)60-48-45(30(5)19-43(59-48)65(46-31(6)17-27(2)18-32(46)7)52-57-39-13-11-36(77(56,71)72)23-41(39)75-52)61-62-49-38(25-55)47(54(8,9)10)63-66(49)53-58-40-14-12-37(24-42(40)76-53)78(73,74)64-35-21-33(50(67)68)20-34(22-35)51(69)70;;/h11-24,64H,1-10H3,(H,59,60)(H,67,68)(H,69,70)(H2,56,71,72);;/q;2*+1/p-2. The van der Waals surface area contributed by atoms with Crippen molar-refractivity contribution in [3.05, 3.63) is 146 Å². The Bertz CT molecular complexity index is 4260. The van der Waals surface area contributed by atoms with E-state index in [4.69, 9.17) is 35.4 Å². The van der Waals surface area contributed by atoms with Crippen LogP contribution in [-0.4, -0.2) is 53.5 Å². The fourth-order valence-corrected chi connectivity index (χ4v) is 12.9. The van der Waals surface area contributed by atoms with Crippen molar-refractivity contribution < 1.29 is 95.8 Å². The third-order valence-electron chi connectivity index (χ3n) is 12.5. The molecule has 9 aromatic rings. The van der Waals surface area contributed by atoms with Gasteiger partial charge in [0, 0.05) is 11.1 Å². The number of nitrogens with one attached hydrogen (secondary N) is 2. The number of anilines is 6. The van der Waals surface area contributed by atoms with E-state index < -0.39 is 48.5 Å². The van der Waals surface area contributed by atoms with Gasteiger partial charge in [0.15, 0.2) is 16.8 Å². The van der Waals surface area contributed by atoms with E-state index in [2.05, 4.69) is 28.2 Å². The van der Waals surface area contributed by atoms with Crippen LogP contribution in [0.5, 0.6) is 0 Å². The molecule has 398 valence electrons. The van der Waals surface area contributed by atoms with Crippen LogP contribution in [-0.2, 0) is 25.5 Å². The number of carbonyl (C=O) groups is 2. The van der Waals surface area contributed by atoms with Crippen LogP contribution in [0.4, 0.5) is 45.3 Å². The number of thiazole rings is 2. The molecule has 0 saturated heterocycles. The SMILES string of the molecule is Cc1cc(C)c(Nc2nc(N(c3nc4ccc(S(N)(=O)=O)cc4s3)c3c(C)cc(C)cc3C)cc(C)c2N=Nc2c(C#N)c(C(C)(C)C)nn2-c2nc3ccc(S(=O)(=O)Nc4cc(C(=O)[O-])cc(C(=O)[O-])c4)cc3s2)c(C)c1.[Na+].[Na+]. The predicted octanol–water partition coefficient (Wildman–Crippen LogP) is 3.63. The van der Waals surface area contributed by atoms with Crippen molar-refractivity contribution in [1.82, 2.24) is 24.7 Å². The van der Waals surface area contributed by atoms with E-state index in [1.165, 1.54) is 46.4 Å². The van der Waals surface area contributed by atoms with Gasteiger partial charge >= 0.3 is 59.1 Å². The first-order valence-electron chi connectivity index (χ1n) is 23.7. The molecule has 0 aliphatic rings. The molecular weight excluding hydrogens is 1120 g/mol. The Morgan fingerprint density at radius 2 is 1.26 bits per heavy atom. The molecule has 0 unspecified atom stereocenters. The van der Waals surface area contributed by atoms with Crippen LogP contribution >= 0.6 is 22.7 Å². The summed E-state index contributed by atoms with van der Waals surface area (Å²) in [6, 6.07) is 23.6. The largest absolute Gasteiger partial charge is 1.00 e. The van der Waals surface area contributed by atoms with Crippen molar-refractivity contribution in [3.63, 3.8) is 0 Å². The second-order valence-electron chi connectivity index (χ2n) is 19.8. The average molecular weight is 1170 g/mol. The Hall–Kier alpha value is -6.47. The Morgan fingerprint density at radius 3 is 1.82 bits per heavy atom.